The fraction of sp³-hybridized carbons (Fsp3) is 0.0645. The summed E-state index contributed by atoms with van der Waals surface area (Å²) < 4.78 is 5.99. The third-order valence-corrected chi connectivity index (χ3v) is 6.19. The third kappa shape index (κ3) is 5.04. The Morgan fingerprint density at radius 1 is 0.838 bits per heavy atom. The lowest BCUT2D eigenvalue weighted by molar-refractivity contribution is -0.123. The van der Waals surface area contributed by atoms with E-state index in [4.69, 9.17) is 4.42 Å². The Bertz CT molecular complexity index is 1540. The van der Waals surface area contributed by atoms with Gasteiger partial charge in [-0.3, -0.25) is 9.59 Å². The van der Waals surface area contributed by atoms with Crippen molar-refractivity contribution in [2.45, 2.75) is 13.5 Å². The van der Waals surface area contributed by atoms with Crippen LogP contribution in [0.15, 0.2) is 107 Å². The number of furan rings is 1. The summed E-state index contributed by atoms with van der Waals surface area (Å²) in [5, 5.41) is 9.17. The van der Waals surface area contributed by atoms with Gasteiger partial charge in [-0.25, -0.2) is 4.79 Å². The molecule has 1 aromatic heterocycles. The zero-order valence-electron chi connectivity index (χ0n) is 20.0. The van der Waals surface area contributed by atoms with Gasteiger partial charge in [0.1, 0.15) is 11.5 Å². The lowest BCUT2D eigenvalue weighted by atomic mass is 10.1. The molecule has 0 aliphatic carbocycles. The van der Waals surface area contributed by atoms with Crippen LogP contribution in [0.25, 0.3) is 23.1 Å². The number of benzene rings is 3. The summed E-state index contributed by atoms with van der Waals surface area (Å²) >= 11 is 0. The lowest BCUT2D eigenvalue weighted by Crippen LogP contribution is -2.25. The summed E-state index contributed by atoms with van der Waals surface area (Å²) in [7, 11) is 0. The first-order valence-electron chi connectivity index (χ1n) is 11.7. The Morgan fingerprint density at radius 2 is 1.51 bits per heavy atom. The second-order valence-electron chi connectivity index (χ2n) is 8.72. The third-order valence-electron chi connectivity index (χ3n) is 6.19. The van der Waals surface area contributed by atoms with Gasteiger partial charge < -0.3 is 14.4 Å². The van der Waals surface area contributed by atoms with Crippen molar-refractivity contribution in [1.29, 1.82) is 0 Å². The summed E-state index contributed by atoms with van der Waals surface area (Å²) in [6.07, 6.45) is 3.55. The van der Waals surface area contributed by atoms with Crippen molar-refractivity contribution in [3.63, 3.8) is 0 Å². The molecule has 1 aliphatic heterocycles. The molecule has 2 heterocycles. The van der Waals surface area contributed by atoms with Crippen LogP contribution in [0.5, 0.6) is 0 Å². The smallest absolute Gasteiger partial charge is 0.335 e. The highest BCUT2D eigenvalue weighted by Crippen LogP contribution is 2.33. The van der Waals surface area contributed by atoms with Gasteiger partial charge in [-0.15, -0.1) is 0 Å². The molecular formula is C31H23NO5. The number of aromatic carboxylic acids is 1. The molecule has 0 unspecified atom stereocenters. The van der Waals surface area contributed by atoms with Crippen molar-refractivity contribution in [2.75, 3.05) is 0 Å². The highest BCUT2D eigenvalue weighted by molar-refractivity contribution is 6.10. The number of amides is 1. The number of ketones is 1. The van der Waals surface area contributed by atoms with E-state index >= 15 is 0 Å². The molecule has 0 radical (unpaired) electrons. The number of carbonyl (C=O) groups excluding carboxylic acids is 2. The second-order valence-corrected chi connectivity index (χ2v) is 8.72. The molecule has 5 rings (SSSR count). The van der Waals surface area contributed by atoms with Gasteiger partial charge in [-0.1, -0.05) is 66.7 Å². The van der Waals surface area contributed by atoms with Gasteiger partial charge in [0.05, 0.1) is 17.8 Å². The van der Waals surface area contributed by atoms with E-state index in [1.54, 1.807) is 41.3 Å². The fourth-order valence-electron chi connectivity index (χ4n) is 4.20. The fourth-order valence-corrected chi connectivity index (χ4v) is 4.20. The van der Waals surface area contributed by atoms with E-state index in [2.05, 4.69) is 0 Å². The number of hydrogen-bond donors (Lipinski definition) is 1. The van der Waals surface area contributed by atoms with Crippen LogP contribution in [-0.4, -0.2) is 27.7 Å². The van der Waals surface area contributed by atoms with Gasteiger partial charge in [-0.2, -0.15) is 0 Å². The Morgan fingerprint density at radius 3 is 2.16 bits per heavy atom. The van der Waals surface area contributed by atoms with Crippen molar-refractivity contribution in [1.82, 2.24) is 4.90 Å². The van der Waals surface area contributed by atoms with Crippen LogP contribution in [0.1, 0.15) is 44.5 Å². The number of carboxylic acids is 1. The zero-order valence-corrected chi connectivity index (χ0v) is 20.0. The van der Waals surface area contributed by atoms with Gasteiger partial charge in [0, 0.05) is 16.7 Å². The molecule has 0 fully saturated rings. The van der Waals surface area contributed by atoms with Crippen LogP contribution in [0.2, 0.25) is 0 Å². The van der Waals surface area contributed by atoms with Gasteiger partial charge in [0.25, 0.3) is 5.91 Å². The normalized spacial score (nSPS) is 14.2. The molecule has 4 aromatic rings. The Hall–Kier alpha value is -4.97. The maximum atomic E-state index is 13.5. The number of hydrogen-bond acceptors (Lipinski definition) is 4. The Kier molecular flexibility index (Phi) is 6.39. The van der Waals surface area contributed by atoms with Crippen LogP contribution in [0.3, 0.4) is 0 Å². The molecular weight excluding hydrogens is 466 g/mol. The van der Waals surface area contributed by atoms with E-state index in [-0.39, 0.29) is 17.3 Å². The summed E-state index contributed by atoms with van der Waals surface area (Å²) in [4.78, 5) is 37.9. The molecule has 3 aromatic carbocycles. The lowest BCUT2D eigenvalue weighted by Gasteiger charge is -2.21. The van der Waals surface area contributed by atoms with E-state index in [1.165, 1.54) is 19.1 Å². The van der Waals surface area contributed by atoms with Crippen LogP contribution in [0.4, 0.5) is 0 Å². The van der Waals surface area contributed by atoms with Gasteiger partial charge in [0.15, 0.2) is 5.78 Å². The molecule has 0 bridgehead atoms. The minimum Gasteiger partial charge on any atom is -0.478 e. The van der Waals surface area contributed by atoms with E-state index in [1.807, 2.05) is 54.6 Å². The molecule has 6 nitrogen and oxygen atoms in total. The largest absolute Gasteiger partial charge is 0.478 e. The van der Waals surface area contributed by atoms with E-state index in [9.17, 15) is 19.5 Å². The number of Topliss-reactive ketones (excluding diaryl/α,β-unsaturated/α-hetero) is 1. The number of carbonyl (C=O) groups is 3. The summed E-state index contributed by atoms with van der Waals surface area (Å²) in [6.45, 7) is 1.82. The SMILES string of the molecule is CC(=O)c1ccc(-c2ccc(C=C3C=C(c4ccccc4)N(Cc4ccc(C(=O)O)cc4)C3=O)o2)cc1. The predicted octanol–water partition coefficient (Wildman–Crippen LogP) is 6.31. The monoisotopic (exact) mass is 489 g/mol. The van der Waals surface area contributed by atoms with Gasteiger partial charge >= 0.3 is 5.97 Å². The molecule has 1 N–H and O–H groups in total. The predicted molar refractivity (Wildman–Crippen MR) is 140 cm³/mol. The minimum atomic E-state index is -0.994. The summed E-state index contributed by atoms with van der Waals surface area (Å²) in [5.74, 6) is -0.00339. The van der Waals surface area contributed by atoms with Crippen LogP contribution >= 0.6 is 0 Å². The van der Waals surface area contributed by atoms with Crippen molar-refractivity contribution in [2.24, 2.45) is 0 Å². The van der Waals surface area contributed by atoms with E-state index in [0.717, 1.165) is 22.4 Å². The zero-order chi connectivity index (χ0) is 25.9. The maximum absolute atomic E-state index is 13.5. The summed E-state index contributed by atoms with van der Waals surface area (Å²) in [5.41, 5.74) is 4.60. The van der Waals surface area contributed by atoms with Crippen molar-refractivity contribution in [3.8, 4) is 11.3 Å². The molecule has 0 saturated heterocycles. The molecule has 1 amide bonds. The Labute approximate surface area is 213 Å². The van der Waals surface area contributed by atoms with Crippen molar-refractivity contribution < 1.29 is 23.9 Å². The molecule has 1 aliphatic rings. The van der Waals surface area contributed by atoms with Crippen LogP contribution in [0, 0.1) is 0 Å². The standard InChI is InChI=1S/C31H23NO5/c1-20(33)22-11-13-24(14-12-22)29-16-15-27(37-29)17-26-18-28(23-5-3-2-4-6-23)32(30(26)34)19-21-7-9-25(10-8-21)31(35)36/h2-18H,19H2,1H3,(H,35,36). The molecule has 6 heteroatoms. The number of rotatable bonds is 7. The van der Waals surface area contributed by atoms with Crippen molar-refractivity contribution >= 4 is 29.4 Å². The molecule has 37 heavy (non-hydrogen) atoms. The van der Waals surface area contributed by atoms with Crippen LogP contribution in [-0.2, 0) is 11.3 Å². The highest BCUT2D eigenvalue weighted by Gasteiger charge is 2.29. The molecule has 0 spiro atoms. The average molecular weight is 490 g/mol. The van der Waals surface area contributed by atoms with Gasteiger partial charge in [-0.05, 0) is 54.5 Å². The Balaban J connectivity index is 1.44. The minimum absolute atomic E-state index is 0.000413. The first kappa shape index (κ1) is 23.8. The van der Waals surface area contributed by atoms with E-state index in [0.29, 0.717) is 29.2 Å². The topological polar surface area (TPSA) is 87.8 Å². The highest BCUT2D eigenvalue weighted by atomic mass is 16.4. The van der Waals surface area contributed by atoms with Crippen molar-refractivity contribution in [3.05, 3.63) is 131 Å². The quantitative estimate of drug-likeness (QED) is 0.243. The van der Waals surface area contributed by atoms with E-state index < -0.39 is 5.97 Å². The van der Waals surface area contributed by atoms with Crippen LogP contribution < -0.4 is 0 Å². The second kappa shape index (κ2) is 9.95. The summed E-state index contributed by atoms with van der Waals surface area (Å²) in [6, 6.07) is 27.0. The average Bonchev–Trinajstić information content (AvgIpc) is 3.50. The first-order valence-corrected chi connectivity index (χ1v) is 11.7. The maximum Gasteiger partial charge on any atom is 0.335 e. The number of nitrogens with zero attached hydrogens (tertiary/aromatic N) is 1. The molecule has 0 saturated carbocycles. The molecule has 182 valence electrons. The number of carboxylic acid groups (broad SMARTS) is 1. The van der Waals surface area contributed by atoms with Gasteiger partial charge in [0.2, 0.25) is 0 Å². The molecule has 0 atom stereocenters. The first-order chi connectivity index (χ1) is 17.9.